The molecule has 0 aliphatic carbocycles. The first kappa shape index (κ1) is 16.6. The van der Waals surface area contributed by atoms with Gasteiger partial charge >= 0.3 is 0 Å². The highest BCUT2D eigenvalue weighted by atomic mass is 15.2. The molecule has 0 fully saturated rings. The standard InChI is InChI=1S/C15H19N5.CH4/c1-12(13-7-5-4-6-8-13)18-15-17-10-9-14(19-15)20(3)11-16-2;/h4-12H,1-3H3,(H,17,18,19);1H4. The predicted molar refractivity (Wildman–Crippen MR) is 90.1 cm³/mol. The molecule has 0 spiro atoms. The lowest BCUT2D eigenvalue weighted by atomic mass is 10.1. The maximum absolute atomic E-state index is 4.47. The van der Waals surface area contributed by atoms with Crippen molar-refractivity contribution in [2.75, 3.05) is 24.3 Å². The second-order valence-electron chi connectivity index (χ2n) is 4.50. The Morgan fingerprint density at radius 1 is 1.24 bits per heavy atom. The highest BCUT2D eigenvalue weighted by Gasteiger charge is 2.07. The highest BCUT2D eigenvalue weighted by Crippen LogP contribution is 2.17. The lowest BCUT2D eigenvalue weighted by Crippen LogP contribution is -2.17. The molecule has 2 rings (SSSR count). The van der Waals surface area contributed by atoms with Crippen molar-refractivity contribution < 1.29 is 0 Å². The van der Waals surface area contributed by atoms with E-state index in [0.717, 1.165) is 5.82 Å². The van der Waals surface area contributed by atoms with E-state index in [0.29, 0.717) is 5.95 Å². The molecule has 1 unspecified atom stereocenters. The van der Waals surface area contributed by atoms with Gasteiger partial charge in [-0.25, -0.2) is 4.98 Å². The first-order chi connectivity index (χ1) is 9.70. The molecule has 1 heterocycles. The largest absolute Gasteiger partial charge is 0.348 e. The number of nitrogens with zero attached hydrogens (tertiary/aromatic N) is 4. The summed E-state index contributed by atoms with van der Waals surface area (Å²) in [5.41, 5.74) is 1.20. The molecule has 0 saturated heterocycles. The van der Waals surface area contributed by atoms with E-state index in [9.17, 15) is 0 Å². The van der Waals surface area contributed by atoms with Crippen molar-refractivity contribution in [3.8, 4) is 0 Å². The summed E-state index contributed by atoms with van der Waals surface area (Å²) >= 11 is 0. The molecule has 0 bridgehead atoms. The van der Waals surface area contributed by atoms with Crippen molar-refractivity contribution in [1.82, 2.24) is 9.97 Å². The third-order valence-electron chi connectivity index (χ3n) is 2.94. The summed E-state index contributed by atoms with van der Waals surface area (Å²) in [7, 11) is 3.63. The fourth-order valence-electron chi connectivity index (χ4n) is 1.87. The molecule has 1 atom stereocenters. The number of hydrogen-bond acceptors (Lipinski definition) is 4. The predicted octanol–water partition coefficient (Wildman–Crippen LogP) is 3.38. The summed E-state index contributed by atoms with van der Waals surface area (Å²) in [6.45, 7) is 2.09. The molecule has 5 nitrogen and oxygen atoms in total. The van der Waals surface area contributed by atoms with Gasteiger partial charge in [-0.3, -0.25) is 4.99 Å². The number of hydrogen-bond donors (Lipinski definition) is 1. The van der Waals surface area contributed by atoms with Crippen LogP contribution >= 0.6 is 0 Å². The zero-order chi connectivity index (χ0) is 14.4. The SMILES string of the molecule is C.CN=CN(C)c1ccnc(NC(C)c2ccccc2)n1. The molecule has 0 aliphatic heterocycles. The van der Waals surface area contributed by atoms with Crippen LogP contribution in [0, 0.1) is 0 Å². The smallest absolute Gasteiger partial charge is 0.225 e. The van der Waals surface area contributed by atoms with Crippen molar-refractivity contribution in [3.05, 3.63) is 48.2 Å². The van der Waals surface area contributed by atoms with E-state index < -0.39 is 0 Å². The highest BCUT2D eigenvalue weighted by molar-refractivity contribution is 5.76. The molecular formula is C16H23N5. The van der Waals surface area contributed by atoms with Crippen molar-refractivity contribution in [2.45, 2.75) is 20.4 Å². The molecule has 0 saturated carbocycles. The molecule has 112 valence electrons. The summed E-state index contributed by atoms with van der Waals surface area (Å²) in [6, 6.07) is 12.2. The first-order valence-electron chi connectivity index (χ1n) is 6.50. The summed E-state index contributed by atoms with van der Waals surface area (Å²) in [5.74, 6) is 1.41. The topological polar surface area (TPSA) is 53.4 Å². The molecule has 0 radical (unpaired) electrons. The zero-order valence-electron chi connectivity index (χ0n) is 12.0. The quantitative estimate of drug-likeness (QED) is 0.676. The minimum Gasteiger partial charge on any atom is -0.348 e. The Kier molecular flexibility index (Phi) is 6.33. The van der Waals surface area contributed by atoms with E-state index >= 15 is 0 Å². The van der Waals surface area contributed by atoms with E-state index in [1.807, 2.05) is 36.2 Å². The third kappa shape index (κ3) is 4.56. The molecule has 2 aromatic rings. The average Bonchev–Trinajstić information content (AvgIpc) is 2.48. The molecule has 1 aromatic carbocycles. The van der Waals surface area contributed by atoms with E-state index in [-0.39, 0.29) is 13.5 Å². The summed E-state index contributed by atoms with van der Waals surface area (Å²) in [4.78, 5) is 14.5. The van der Waals surface area contributed by atoms with E-state index in [2.05, 4.69) is 39.3 Å². The van der Waals surface area contributed by atoms with Crippen molar-refractivity contribution in [1.29, 1.82) is 0 Å². The van der Waals surface area contributed by atoms with Gasteiger partial charge in [0.1, 0.15) is 5.82 Å². The van der Waals surface area contributed by atoms with Gasteiger partial charge in [0.25, 0.3) is 0 Å². The Balaban J connectivity index is 0.00000220. The van der Waals surface area contributed by atoms with Gasteiger partial charge in [0.2, 0.25) is 5.95 Å². The Hall–Kier alpha value is -2.43. The van der Waals surface area contributed by atoms with Crippen LogP contribution in [0.15, 0.2) is 47.6 Å². The van der Waals surface area contributed by atoms with Crippen LogP contribution in [-0.4, -0.2) is 30.4 Å². The summed E-state index contributed by atoms with van der Waals surface area (Å²) in [5, 5.41) is 3.30. The van der Waals surface area contributed by atoms with Crippen LogP contribution in [0.4, 0.5) is 11.8 Å². The van der Waals surface area contributed by atoms with Crippen LogP contribution in [0.2, 0.25) is 0 Å². The first-order valence-corrected chi connectivity index (χ1v) is 6.50. The Bertz CT molecular complexity index is 568. The second kappa shape index (κ2) is 7.99. The molecule has 0 aliphatic rings. The zero-order valence-corrected chi connectivity index (χ0v) is 12.0. The van der Waals surface area contributed by atoms with Gasteiger partial charge in [0.15, 0.2) is 0 Å². The minimum absolute atomic E-state index is 0. The van der Waals surface area contributed by atoms with Crippen LogP contribution < -0.4 is 10.2 Å². The van der Waals surface area contributed by atoms with Crippen molar-refractivity contribution in [2.24, 2.45) is 4.99 Å². The van der Waals surface area contributed by atoms with Crippen LogP contribution in [-0.2, 0) is 0 Å². The molecule has 21 heavy (non-hydrogen) atoms. The normalized spacial score (nSPS) is 11.8. The summed E-state index contributed by atoms with van der Waals surface area (Å²) < 4.78 is 0. The second-order valence-corrected chi connectivity index (χ2v) is 4.50. The van der Waals surface area contributed by atoms with Gasteiger partial charge in [-0.05, 0) is 18.6 Å². The number of benzene rings is 1. The van der Waals surface area contributed by atoms with Crippen molar-refractivity contribution >= 4 is 18.1 Å². The van der Waals surface area contributed by atoms with E-state index in [4.69, 9.17) is 0 Å². The van der Waals surface area contributed by atoms with E-state index in [1.54, 1.807) is 19.6 Å². The number of anilines is 2. The fraction of sp³-hybridized carbons (Fsp3) is 0.312. The van der Waals surface area contributed by atoms with Gasteiger partial charge in [-0.1, -0.05) is 37.8 Å². The van der Waals surface area contributed by atoms with Gasteiger partial charge in [0.05, 0.1) is 12.4 Å². The maximum atomic E-state index is 4.47. The molecule has 1 N–H and O–H groups in total. The lowest BCUT2D eigenvalue weighted by Gasteiger charge is -2.16. The van der Waals surface area contributed by atoms with Crippen LogP contribution in [0.1, 0.15) is 26.0 Å². The Labute approximate surface area is 126 Å². The van der Waals surface area contributed by atoms with Crippen LogP contribution in [0.5, 0.6) is 0 Å². The minimum atomic E-state index is 0. The molecule has 1 aromatic heterocycles. The molecule has 0 amide bonds. The van der Waals surface area contributed by atoms with Gasteiger partial charge in [0, 0.05) is 20.3 Å². The van der Waals surface area contributed by atoms with Gasteiger partial charge in [-0.15, -0.1) is 0 Å². The Morgan fingerprint density at radius 2 is 1.95 bits per heavy atom. The van der Waals surface area contributed by atoms with Crippen LogP contribution in [0.25, 0.3) is 0 Å². The number of aromatic nitrogens is 2. The van der Waals surface area contributed by atoms with Crippen molar-refractivity contribution in [3.63, 3.8) is 0 Å². The lowest BCUT2D eigenvalue weighted by molar-refractivity contribution is 0.859. The van der Waals surface area contributed by atoms with E-state index in [1.165, 1.54) is 5.56 Å². The Morgan fingerprint density at radius 3 is 2.62 bits per heavy atom. The number of rotatable bonds is 5. The number of aliphatic imine (C=N–C) groups is 1. The third-order valence-corrected chi connectivity index (χ3v) is 2.94. The number of nitrogens with one attached hydrogen (secondary N) is 1. The fourth-order valence-corrected chi connectivity index (χ4v) is 1.87. The summed E-state index contributed by atoms with van der Waals surface area (Å²) in [6.07, 6.45) is 3.45. The maximum Gasteiger partial charge on any atom is 0.225 e. The molecular weight excluding hydrogens is 262 g/mol. The monoisotopic (exact) mass is 285 g/mol. The average molecular weight is 285 g/mol. The van der Waals surface area contributed by atoms with Crippen LogP contribution in [0.3, 0.4) is 0 Å². The molecule has 5 heteroatoms. The van der Waals surface area contributed by atoms with Gasteiger partial charge < -0.3 is 10.2 Å². The van der Waals surface area contributed by atoms with Gasteiger partial charge in [-0.2, -0.15) is 4.98 Å².